The molecule has 1 aromatic carbocycles. The number of rotatable bonds is 11. The van der Waals surface area contributed by atoms with Gasteiger partial charge in [-0.2, -0.15) is 0 Å². The summed E-state index contributed by atoms with van der Waals surface area (Å²) in [6.45, 7) is 5.83. The Bertz CT molecular complexity index is 458. The predicted octanol–water partition coefficient (Wildman–Crippen LogP) is 2.67. The van der Waals surface area contributed by atoms with Gasteiger partial charge in [0.25, 0.3) is 0 Å². The summed E-state index contributed by atoms with van der Waals surface area (Å²) in [6.07, 6.45) is 1.81. The molecule has 24 heavy (non-hydrogen) atoms. The zero-order valence-electron chi connectivity index (χ0n) is 14.8. The minimum absolute atomic E-state index is 0. The molecule has 0 amide bonds. The Kier molecular flexibility index (Phi) is 14.5. The van der Waals surface area contributed by atoms with Crippen molar-refractivity contribution in [2.75, 3.05) is 47.1 Å². The Morgan fingerprint density at radius 1 is 1.08 bits per heavy atom. The van der Waals surface area contributed by atoms with Crippen LogP contribution in [0, 0.1) is 0 Å². The number of aliphatic imine (C=N–C) groups is 1. The third-order valence-electron chi connectivity index (χ3n) is 3.04. The van der Waals surface area contributed by atoms with Gasteiger partial charge in [-0.05, 0) is 25.5 Å². The first kappa shape index (κ1) is 22.8. The molecule has 0 spiro atoms. The summed E-state index contributed by atoms with van der Waals surface area (Å²) >= 11 is 0. The van der Waals surface area contributed by atoms with Crippen LogP contribution < -0.4 is 20.1 Å². The minimum atomic E-state index is 0. The van der Waals surface area contributed by atoms with Crippen LogP contribution in [0.5, 0.6) is 11.5 Å². The zero-order chi connectivity index (χ0) is 16.8. The molecule has 0 saturated carbocycles. The van der Waals surface area contributed by atoms with Gasteiger partial charge >= 0.3 is 0 Å². The normalized spacial score (nSPS) is 10.7. The molecule has 138 valence electrons. The van der Waals surface area contributed by atoms with E-state index in [-0.39, 0.29) is 24.0 Å². The van der Waals surface area contributed by atoms with Crippen molar-refractivity contribution in [2.45, 2.75) is 19.8 Å². The molecule has 0 aliphatic heterocycles. The van der Waals surface area contributed by atoms with Gasteiger partial charge in [0.2, 0.25) is 0 Å². The smallest absolute Gasteiger partial charge is 0.191 e. The molecule has 0 radical (unpaired) electrons. The third-order valence-corrected chi connectivity index (χ3v) is 3.04. The molecule has 0 aliphatic carbocycles. The number of ether oxygens (including phenoxy) is 3. The lowest BCUT2D eigenvalue weighted by Crippen LogP contribution is -2.38. The van der Waals surface area contributed by atoms with Crippen LogP contribution in [-0.4, -0.2) is 53.0 Å². The highest BCUT2D eigenvalue weighted by Gasteiger charge is 1.98. The molecule has 2 N–H and O–H groups in total. The van der Waals surface area contributed by atoms with Gasteiger partial charge < -0.3 is 24.8 Å². The molecule has 0 saturated heterocycles. The van der Waals surface area contributed by atoms with E-state index in [9.17, 15) is 0 Å². The van der Waals surface area contributed by atoms with Gasteiger partial charge in [0, 0.05) is 45.8 Å². The summed E-state index contributed by atoms with van der Waals surface area (Å²) in [5.41, 5.74) is 0. The lowest BCUT2D eigenvalue weighted by atomic mass is 10.3. The fraction of sp³-hybridized carbons (Fsp3) is 0.588. The molecular weight excluding hydrogens is 421 g/mol. The number of nitrogens with one attached hydrogen (secondary N) is 2. The number of hydrogen-bond acceptors (Lipinski definition) is 4. The lowest BCUT2D eigenvalue weighted by Gasteiger charge is -2.11. The highest BCUT2D eigenvalue weighted by atomic mass is 127. The lowest BCUT2D eigenvalue weighted by molar-refractivity contribution is 0.195. The quantitative estimate of drug-likeness (QED) is 0.235. The highest BCUT2D eigenvalue weighted by molar-refractivity contribution is 14.0. The van der Waals surface area contributed by atoms with Crippen molar-refractivity contribution in [1.29, 1.82) is 0 Å². The Balaban J connectivity index is 0.00000529. The van der Waals surface area contributed by atoms with E-state index in [1.165, 1.54) is 0 Å². The molecule has 6 nitrogen and oxygen atoms in total. The molecule has 1 rings (SSSR count). The van der Waals surface area contributed by atoms with Crippen molar-refractivity contribution >= 4 is 29.9 Å². The van der Waals surface area contributed by atoms with Gasteiger partial charge in [-0.15, -0.1) is 24.0 Å². The number of benzene rings is 1. The first-order valence-electron chi connectivity index (χ1n) is 8.08. The van der Waals surface area contributed by atoms with Gasteiger partial charge in [-0.1, -0.05) is 6.07 Å². The Labute approximate surface area is 162 Å². The maximum Gasteiger partial charge on any atom is 0.191 e. The molecular formula is C17H30IN3O3. The van der Waals surface area contributed by atoms with Crippen LogP contribution in [-0.2, 0) is 4.74 Å². The second kappa shape index (κ2) is 15.3. The highest BCUT2D eigenvalue weighted by Crippen LogP contribution is 2.18. The third kappa shape index (κ3) is 10.5. The summed E-state index contributed by atoms with van der Waals surface area (Å²) in [4.78, 5) is 4.52. The first-order valence-corrected chi connectivity index (χ1v) is 8.08. The van der Waals surface area contributed by atoms with Gasteiger partial charge in [-0.25, -0.2) is 0 Å². The Morgan fingerprint density at radius 2 is 1.88 bits per heavy atom. The van der Waals surface area contributed by atoms with Gasteiger partial charge in [0.1, 0.15) is 11.5 Å². The number of nitrogens with zero attached hydrogens (tertiary/aromatic N) is 1. The van der Waals surface area contributed by atoms with Crippen molar-refractivity contribution in [1.82, 2.24) is 10.6 Å². The van der Waals surface area contributed by atoms with Crippen LogP contribution in [0.25, 0.3) is 0 Å². The minimum Gasteiger partial charge on any atom is -0.497 e. The predicted molar refractivity (Wildman–Crippen MR) is 109 cm³/mol. The van der Waals surface area contributed by atoms with E-state index in [1.807, 2.05) is 24.3 Å². The van der Waals surface area contributed by atoms with Gasteiger partial charge in [0.15, 0.2) is 5.96 Å². The largest absolute Gasteiger partial charge is 0.497 e. The summed E-state index contributed by atoms with van der Waals surface area (Å²) in [5, 5.41) is 6.50. The van der Waals surface area contributed by atoms with Crippen molar-refractivity contribution in [3.63, 3.8) is 0 Å². The fourth-order valence-electron chi connectivity index (χ4n) is 1.90. The number of guanidine groups is 1. The maximum atomic E-state index is 5.70. The second-order valence-electron chi connectivity index (χ2n) is 4.91. The molecule has 0 aliphatic rings. The number of halogens is 1. The van der Waals surface area contributed by atoms with Crippen molar-refractivity contribution in [2.24, 2.45) is 4.99 Å². The number of methoxy groups -OCH3 is 2. The molecule has 0 fully saturated rings. The first-order chi connectivity index (χ1) is 11.3. The van der Waals surface area contributed by atoms with E-state index in [0.29, 0.717) is 13.2 Å². The van der Waals surface area contributed by atoms with Crippen molar-refractivity contribution in [3.05, 3.63) is 24.3 Å². The summed E-state index contributed by atoms with van der Waals surface area (Å²) in [7, 11) is 3.36. The van der Waals surface area contributed by atoms with E-state index in [1.54, 1.807) is 14.2 Å². The monoisotopic (exact) mass is 451 g/mol. The van der Waals surface area contributed by atoms with Crippen LogP contribution in [0.3, 0.4) is 0 Å². The fourth-order valence-corrected chi connectivity index (χ4v) is 1.90. The number of hydrogen-bond donors (Lipinski definition) is 2. The summed E-state index contributed by atoms with van der Waals surface area (Å²) in [6, 6.07) is 7.62. The van der Waals surface area contributed by atoms with Crippen molar-refractivity contribution < 1.29 is 14.2 Å². The molecule has 0 aromatic heterocycles. The van der Waals surface area contributed by atoms with E-state index >= 15 is 0 Å². The summed E-state index contributed by atoms with van der Waals surface area (Å²) in [5.74, 6) is 2.46. The van der Waals surface area contributed by atoms with E-state index in [2.05, 4.69) is 22.5 Å². The van der Waals surface area contributed by atoms with Gasteiger partial charge in [0.05, 0.1) is 13.7 Å². The maximum absolute atomic E-state index is 5.70. The molecule has 0 unspecified atom stereocenters. The van der Waals surface area contributed by atoms with E-state index in [0.717, 1.165) is 50.0 Å². The van der Waals surface area contributed by atoms with Crippen LogP contribution in [0.1, 0.15) is 19.8 Å². The van der Waals surface area contributed by atoms with Crippen LogP contribution in [0.15, 0.2) is 29.3 Å². The average molecular weight is 451 g/mol. The van der Waals surface area contributed by atoms with Crippen LogP contribution in [0.2, 0.25) is 0 Å². The standard InChI is InChI=1S/C17H29N3O3.HI/c1-4-18-17(19-10-6-12-21-2)20-11-7-13-23-16-9-5-8-15(14-16)22-3;/h5,8-9,14H,4,6-7,10-13H2,1-3H3,(H2,18,19,20);1H. The van der Waals surface area contributed by atoms with Crippen LogP contribution >= 0.6 is 24.0 Å². The Hall–Kier alpha value is -1.22. The average Bonchev–Trinajstić information content (AvgIpc) is 2.58. The van der Waals surface area contributed by atoms with Crippen LogP contribution in [0.4, 0.5) is 0 Å². The van der Waals surface area contributed by atoms with E-state index in [4.69, 9.17) is 14.2 Å². The zero-order valence-corrected chi connectivity index (χ0v) is 17.2. The van der Waals surface area contributed by atoms with E-state index < -0.39 is 0 Å². The Morgan fingerprint density at radius 3 is 2.58 bits per heavy atom. The molecule has 7 heteroatoms. The topological polar surface area (TPSA) is 64.1 Å². The second-order valence-corrected chi connectivity index (χ2v) is 4.91. The van der Waals surface area contributed by atoms with Crippen molar-refractivity contribution in [3.8, 4) is 11.5 Å². The van der Waals surface area contributed by atoms with Gasteiger partial charge in [-0.3, -0.25) is 4.99 Å². The SMILES string of the molecule is CCNC(=NCCCOc1cccc(OC)c1)NCCCOC.I. The molecule has 0 atom stereocenters. The molecule has 0 heterocycles. The molecule has 0 bridgehead atoms. The molecule has 1 aromatic rings. The summed E-state index contributed by atoms with van der Waals surface area (Å²) < 4.78 is 15.9.